The maximum absolute atomic E-state index is 11.3. The van der Waals surface area contributed by atoms with E-state index in [-0.39, 0.29) is 23.3 Å². The van der Waals surface area contributed by atoms with Crippen molar-refractivity contribution in [1.82, 2.24) is 9.97 Å². The lowest BCUT2D eigenvalue weighted by Crippen LogP contribution is -2.00. The number of nitrogen functional groups attached to an aromatic ring is 1. The van der Waals surface area contributed by atoms with Gasteiger partial charge in [-0.05, 0) is 30.3 Å². The first-order chi connectivity index (χ1) is 8.45. The van der Waals surface area contributed by atoms with E-state index in [1.54, 1.807) is 18.2 Å². The van der Waals surface area contributed by atoms with Crippen LogP contribution in [0.4, 0.5) is 17.5 Å². The Morgan fingerprint density at radius 2 is 1.79 bits per heavy atom. The highest BCUT2D eigenvalue weighted by Crippen LogP contribution is 2.17. The van der Waals surface area contributed by atoms with E-state index in [0.717, 1.165) is 5.69 Å². The van der Waals surface area contributed by atoms with Crippen LogP contribution in [0.1, 0.15) is 0 Å². The van der Waals surface area contributed by atoms with Gasteiger partial charge >= 0.3 is 0 Å². The Kier molecular flexibility index (Phi) is 4.68. The van der Waals surface area contributed by atoms with E-state index in [1.165, 1.54) is 24.6 Å². The maximum atomic E-state index is 11.3. The standard InChI is InChI=1S/C11H12N4O2S.ClH/c1-18(16,17)9-4-2-8(3-5-9)14-10-6-7-13-11(12)15-10;/h2-7H,1H3,(H3,12,13,14,15);1H. The van der Waals surface area contributed by atoms with Gasteiger partial charge in [-0.25, -0.2) is 13.4 Å². The zero-order valence-electron chi connectivity index (χ0n) is 10.1. The summed E-state index contributed by atoms with van der Waals surface area (Å²) in [6.45, 7) is 0. The average Bonchev–Trinajstić information content (AvgIpc) is 2.28. The lowest BCUT2D eigenvalue weighted by atomic mass is 10.3. The van der Waals surface area contributed by atoms with Crippen LogP contribution < -0.4 is 11.1 Å². The first-order valence-corrected chi connectivity index (χ1v) is 7.00. The molecule has 0 aliphatic rings. The second-order valence-electron chi connectivity index (χ2n) is 3.72. The quantitative estimate of drug-likeness (QED) is 0.894. The SMILES string of the molecule is CS(=O)(=O)c1ccc(Nc2ccnc(N)n2)cc1.Cl. The van der Waals surface area contributed by atoms with Gasteiger partial charge < -0.3 is 11.1 Å². The van der Waals surface area contributed by atoms with Crippen LogP contribution in [0.2, 0.25) is 0 Å². The minimum Gasteiger partial charge on any atom is -0.368 e. The molecule has 0 unspecified atom stereocenters. The summed E-state index contributed by atoms with van der Waals surface area (Å²) in [5.74, 6) is 0.724. The van der Waals surface area contributed by atoms with Gasteiger partial charge in [-0.2, -0.15) is 4.98 Å². The molecule has 0 bridgehead atoms. The molecule has 0 saturated carbocycles. The number of sulfone groups is 1. The summed E-state index contributed by atoms with van der Waals surface area (Å²) in [6, 6.07) is 8.05. The van der Waals surface area contributed by atoms with Crippen molar-refractivity contribution in [2.75, 3.05) is 17.3 Å². The third-order valence-electron chi connectivity index (χ3n) is 2.23. The summed E-state index contributed by atoms with van der Waals surface area (Å²) in [5.41, 5.74) is 6.17. The van der Waals surface area contributed by atoms with Gasteiger partial charge in [0, 0.05) is 18.1 Å². The molecule has 0 atom stereocenters. The zero-order chi connectivity index (χ0) is 13.2. The Balaban J connectivity index is 0.00000180. The van der Waals surface area contributed by atoms with Crippen molar-refractivity contribution in [1.29, 1.82) is 0 Å². The Bertz CT molecular complexity index is 659. The summed E-state index contributed by atoms with van der Waals surface area (Å²) in [7, 11) is -3.17. The highest BCUT2D eigenvalue weighted by Gasteiger charge is 2.06. The van der Waals surface area contributed by atoms with Crippen LogP contribution in [0.15, 0.2) is 41.4 Å². The van der Waals surface area contributed by atoms with Crippen molar-refractivity contribution in [3.63, 3.8) is 0 Å². The van der Waals surface area contributed by atoms with Gasteiger partial charge in [-0.15, -0.1) is 12.4 Å². The van der Waals surface area contributed by atoms with Crippen LogP contribution in [0.5, 0.6) is 0 Å². The maximum Gasteiger partial charge on any atom is 0.221 e. The Hall–Kier alpha value is -1.86. The number of nitrogens with one attached hydrogen (secondary N) is 1. The number of nitrogens with zero attached hydrogens (tertiary/aromatic N) is 2. The molecule has 0 fully saturated rings. The molecule has 0 aliphatic heterocycles. The van der Waals surface area contributed by atoms with Gasteiger partial charge in [0.15, 0.2) is 9.84 Å². The molecule has 2 rings (SSSR count). The van der Waals surface area contributed by atoms with Crippen LogP contribution in [0.3, 0.4) is 0 Å². The summed E-state index contributed by atoms with van der Waals surface area (Å²) < 4.78 is 22.6. The molecule has 0 radical (unpaired) electrons. The van der Waals surface area contributed by atoms with Crippen molar-refractivity contribution < 1.29 is 8.42 Å². The third kappa shape index (κ3) is 4.08. The predicted molar refractivity (Wildman–Crippen MR) is 76.5 cm³/mol. The van der Waals surface area contributed by atoms with Gasteiger partial charge in [0.2, 0.25) is 5.95 Å². The number of rotatable bonds is 3. The van der Waals surface area contributed by atoms with Crippen LogP contribution in [-0.2, 0) is 9.84 Å². The van der Waals surface area contributed by atoms with E-state index in [4.69, 9.17) is 5.73 Å². The number of halogens is 1. The predicted octanol–water partition coefficient (Wildman–Crippen LogP) is 1.63. The van der Waals surface area contributed by atoms with Gasteiger partial charge in [-0.1, -0.05) is 0 Å². The fourth-order valence-electron chi connectivity index (χ4n) is 1.38. The molecule has 1 aromatic heterocycles. The van der Waals surface area contributed by atoms with Gasteiger partial charge in [0.25, 0.3) is 0 Å². The van der Waals surface area contributed by atoms with Crippen molar-refractivity contribution in [3.8, 4) is 0 Å². The van der Waals surface area contributed by atoms with E-state index in [2.05, 4.69) is 15.3 Å². The Morgan fingerprint density at radius 3 is 2.32 bits per heavy atom. The second kappa shape index (κ2) is 5.85. The van der Waals surface area contributed by atoms with E-state index >= 15 is 0 Å². The number of benzene rings is 1. The van der Waals surface area contributed by atoms with Crippen molar-refractivity contribution in [2.24, 2.45) is 0 Å². The molecule has 6 nitrogen and oxygen atoms in total. The topological polar surface area (TPSA) is 98.0 Å². The third-order valence-corrected chi connectivity index (χ3v) is 3.36. The molecule has 8 heteroatoms. The first kappa shape index (κ1) is 15.2. The fourth-order valence-corrected chi connectivity index (χ4v) is 2.01. The molecule has 19 heavy (non-hydrogen) atoms. The molecule has 0 saturated heterocycles. The minimum atomic E-state index is -3.17. The molecule has 2 aromatic rings. The van der Waals surface area contributed by atoms with Crippen molar-refractivity contribution >= 4 is 39.7 Å². The molecular formula is C11H13ClN4O2S. The Morgan fingerprint density at radius 1 is 1.16 bits per heavy atom. The van der Waals surface area contributed by atoms with Crippen LogP contribution in [-0.4, -0.2) is 24.6 Å². The highest BCUT2D eigenvalue weighted by atomic mass is 35.5. The van der Waals surface area contributed by atoms with Gasteiger partial charge in [-0.3, -0.25) is 0 Å². The normalized spacial score (nSPS) is 10.6. The summed E-state index contributed by atoms with van der Waals surface area (Å²) in [4.78, 5) is 8.03. The number of anilines is 3. The number of aromatic nitrogens is 2. The second-order valence-corrected chi connectivity index (χ2v) is 5.74. The molecule has 0 amide bonds. The van der Waals surface area contributed by atoms with Gasteiger partial charge in [0.05, 0.1) is 4.90 Å². The molecule has 0 spiro atoms. The highest BCUT2D eigenvalue weighted by molar-refractivity contribution is 7.90. The monoisotopic (exact) mass is 300 g/mol. The average molecular weight is 301 g/mol. The molecular weight excluding hydrogens is 288 g/mol. The molecule has 102 valence electrons. The lowest BCUT2D eigenvalue weighted by molar-refractivity contribution is 0.602. The van der Waals surface area contributed by atoms with Crippen LogP contribution >= 0.6 is 12.4 Å². The van der Waals surface area contributed by atoms with E-state index < -0.39 is 9.84 Å². The lowest BCUT2D eigenvalue weighted by Gasteiger charge is -2.06. The largest absolute Gasteiger partial charge is 0.368 e. The molecule has 1 heterocycles. The molecule has 0 aliphatic carbocycles. The fraction of sp³-hybridized carbons (Fsp3) is 0.0909. The van der Waals surface area contributed by atoms with E-state index in [9.17, 15) is 8.42 Å². The number of hydrogen-bond donors (Lipinski definition) is 2. The van der Waals surface area contributed by atoms with Crippen molar-refractivity contribution in [2.45, 2.75) is 4.90 Å². The van der Waals surface area contributed by atoms with Crippen LogP contribution in [0.25, 0.3) is 0 Å². The minimum absolute atomic E-state index is 0. The molecule has 3 N–H and O–H groups in total. The summed E-state index contributed by atoms with van der Waals surface area (Å²) in [6.07, 6.45) is 2.70. The van der Waals surface area contributed by atoms with Crippen LogP contribution in [0, 0.1) is 0 Å². The smallest absolute Gasteiger partial charge is 0.221 e. The number of nitrogens with two attached hydrogens (primary N) is 1. The first-order valence-electron chi connectivity index (χ1n) is 5.11. The van der Waals surface area contributed by atoms with Crippen molar-refractivity contribution in [3.05, 3.63) is 36.5 Å². The van der Waals surface area contributed by atoms with Gasteiger partial charge in [0.1, 0.15) is 5.82 Å². The summed E-state index contributed by atoms with van der Waals surface area (Å²) in [5, 5.41) is 3.00. The van der Waals surface area contributed by atoms with E-state index in [0.29, 0.717) is 5.82 Å². The summed E-state index contributed by atoms with van der Waals surface area (Å²) >= 11 is 0. The Labute approximate surface area is 117 Å². The zero-order valence-corrected chi connectivity index (χ0v) is 11.7. The van der Waals surface area contributed by atoms with E-state index in [1.807, 2.05) is 0 Å². The molecule has 1 aromatic carbocycles. The number of hydrogen-bond acceptors (Lipinski definition) is 6.